The van der Waals surface area contributed by atoms with Gasteiger partial charge in [0.2, 0.25) is 0 Å². The highest BCUT2D eigenvalue weighted by Crippen LogP contribution is 2.25. The summed E-state index contributed by atoms with van der Waals surface area (Å²) in [5.74, 6) is -0.334. The Hall–Kier alpha value is -1.62. The molecule has 98 valence electrons. The molecule has 1 aliphatic rings. The molecule has 2 rings (SSSR count). The maximum Gasteiger partial charge on any atom is 0.322 e. The maximum absolute atomic E-state index is 12.7. The van der Waals surface area contributed by atoms with E-state index in [1.165, 1.54) is 24.3 Å². The average molecular weight is 252 g/mol. The van der Waals surface area contributed by atoms with Crippen molar-refractivity contribution in [2.45, 2.75) is 25.3 Å². The topological polar surface area (TPSA) is 52.6 Å². The van der Waals surface area contributed by atoms with Gasteiger partial charge in [-0.25, -0.2) is 9.18 Å². The summed E-state index contributed by atoms with van der Waals surface area (Å²) in [7, 11) is 0. The lowest BCUT2D eigenvalue weighted by molar-refractivity contribution is 0.127. The van der Waals surface area contributed by atoms with Crippen LogP contribution in [-0.2, 0) is 0 Å². The van der Waals surface area contributed by atoms with Gasteiger partial charge in [-0.3, -0.25) is 0 Å². The highest BCUT2D eigenvalue weighted by atomic mass is 19.1. The van der Waals surface area contributed by atoms with Gasteiger partial charge < -0.3 is 15.3 Å². The first-order valence-corrected chi connectivity index (χ1v) is 6.15. The summed E-state index contributed by atoms with van der Waals surface area (Å²) in [6.45, 7) is 0.283. The smallest absolute Gasteiger partial charge is 0.322 e. The highest BCUT2D eigenvalue weighted by Gasteiger charge is 2.28. The molecule has 1 saturated carbocycles. The van der Waals surface area contributed by atoms with Crippen molar-refractivity contribution in [3.63, 3.8) is 0 Å². The maximum atomic E-state index is 12.7. The Morgan fingerprint density at radius 3 is 2.56 bits per heavy atom. The van der Waals surface area contributed by atoms with Crippen molar-refractivity contribution < 1.29 is 14.3 Å². The molecule has 4 nitrogen and oxygen atoms in total. The highest BCUT2D eigenvalue weighted by molar-refractivity contribution is 5.89. The number of nitrogens with one attached hydrogen (secondary N) is 1. The molecule has 0 radical (unpaired) electrons. The third-order valence-corrected chi connectivity index (χ3v) is 3.21. The number of urea groups is 1. The summed E-state index contributed by atoms with van der Waals surface area (Å²) in [4.78, 5) is 13.7. The van der Waals surface area contributed by atoms with Crippen LogP contribution in [0.25, 0.3) is 0 Å². The van der Waals surface area contributed by atoms with Crippen LogP contribution in [0.4, 0.5) is 14.9 Å². The number of anilines is 1. The summed E-state index contributed by atoms with van der Waals surface area (Å²) in [6.07, 6.45) is 3.09. The first-order chi connectivity index (χ1) is 8.70. The van der Waals surface area contributed by atoms with Crippen molar-refractivity contribution in [3.05, 3.63) is 30.1 Å². The van der Waals surface area contributed by atoms with E-state index >= 15 is 0 Å². The number of halogens is 1. The molecule has 2 amide bonds. The zero-order chi connectivity index (χ0) is 13.0. The first-order valence-electron chi connectivity index (χ1n) is 6.15. The van der Waals surface area contributed by atoms with E-state index in [2.05, 4.69) is 5.32 Å². The van der Waals surface area contributed by atoms with Gasteiger partial charge in [0.25, 0.3) is 0 Å². The number of rotatable bonds is 4. The van der Waals surface area contributed by atoms with Gasteiger partial charge in [0.05, 0.1) is 6.61 Å². The van der Waals surface area contributed by atoms with Crippen LogP contribution in [0.1, 0.15) is 19.3 Å². The van der Waals surface area contributed by atoms with Crippen molar-refractivity contribution in [1.82, 2.24) is 4.90 Å². The van der Waals surface area contributed by atoms with Gasteiger partial charge in [0.1, 0.15) is 5.82 Å². The fourth-order valence-corrected chi connectivity index (χ4v) is 1.98. The fraction of sp³-hybridized carbons (Fsp3) is 0.462. The van der Waals surface area contributed by atoms with Crippen molar-refractivity contribution in [3.8, 4) is 0 Å². The van der Waals surface area contributed by atoms with E-state index in [0.29, 0.717) is 12.2 Å². The molecule has 5 heteroatoms. The molecular weight excluding hydrogens is 235 g/mol. The molecule has 0 atom stereocenters. The lowest BCUT2D eigenvalue weighted by atomic mass is 9.92. The molecule has 1 aliphatic carbocycles. The van der Waals surface area contributed by atoms with E-state index in [4.69, 9.17) is 5.11 Å². The van der Waals surface area contributed by atoms with Crippen molar-refractivity contribution in [1.29, 1.82) is 0 Å². The Balaban J connectivity index is 1.97. The van der Waals surface area contributed by atoms with Gasteiger partial charge in [0.15, 0.2) is 0 Å². The van der Waals surface area contributed by atoms with Crippen molar-refractivity contribution in [2.75, 3.05) is 18.5 Å². The minimum Gasteiger partial charge on any atom is -0.395 e. The predicted octanol–water partition coefficient (Wildman–Crippen LogP) is 2.20. The molecule has 0 bridgehead atoms. The van der Waals surface area contributed by atoms with E-state index in [9.17, 15) is 9.18 Å². The van der Waals surface area contributed by atoms with Gasteiger partial charge >= 0.3 is 6.03 Å². The standard InChI is InChI=1S/C13H17FN2O2/c14-10-4-6-11(7-5-10)15-13(18)16(8-9-17)12-2-1-3-12/h4-7,12,17H,1-3,8-9H2,(H,15,18). The number of aliphatic hydroxyl groups is 1. The second-order valence-corrected chi connectivity index (χ2v) is 4.44. The van der Waals surface area contributed by atoms with Crippen LogP contribution in [0.2, 0.25) is 0 Å². The first kappa shape index (κ1) is 12.8. The zero-order valence-corrected chi connectivity index (χ0v) is 10.1. The molecule has 1 fully saturated rings. The summed E-state index contributed by atoms with van der Waals surface area (Å²) in [6, 6.07) is 5.62. The van der Waals surface area contributed by atoms with Crippen molar-refractivity contribution in [2.24, 2.45) is 0 Å². The molecule has 1 aromatic carbocycles. The summed E-state index contributed by atoms with van der Waals surface area (Å²) >= 11 is 0. The molecule has 1 aromatic rings. The number of hydrogen-bond donors (Lipinski definition) is 2. The van der Waals surface area contributed by atoms with E-state index in [1.807, 2.05) is 0 Å². The van der Waals surface area contributed by atoms with Crippen LogP contribution < -0.4 is 5.32 Å². The summed E-state index contributed by atoms with van der Waals surface area (Å²) in [5, 5.41) is 11.7. The second kappa shape index (κ2) is 5.82. The van der Waals surface area contributed by atoms with Crippen LogP contribution in [-0.4, -0.2) is 35.2 Å². The molecule has 0 aromatic heterocycles. The predicted molar refractivity (Wildman–Crippen MR) is 66.8 cm³/mol. The number of hydrogen-bond acceptors (Lipinski definition) is 2. The number of aliphatic hydroxyl groups excluding tert-OH is 1. The number of nitrogens with zero attached hydrogens (tertiary/aromatic N) is 1. The molecule has 0 spiro atoms. The molecular formula is C13H17FN2O2. The SMILES string of the molecule is O=C(Nc1ccc(F)cc1)N(CCO)C1CCC1. The molecule has 0 saturated heterocycles. The van der Waals surface area contributed by atoms with E-state index in [0.717, 1.165) is 19.3 Å². The van der Waals surface area contributed by atoms with Gasteiger partial charge in [0, 0.05) is 18.3 Å². The number of carbonyl (C=O) groups is 1. The van der Waals surface area contributed by atoms with E-state index in [1.54, 1.807) is 4.90 Å². The Kier molecular flexibility index (Phi) is 4.15. The Morgan fingerprint density at radius 2 is 2.06 bits per heavy atom. The van der Waals surface area contributed by atoms with Gasteiger partial charge in [-0.05, 0) is 43.5 Å². The average Bonchev–Trinajstić information content (AvgIpc) is 2.29. The van der Waals surface area contributed by atoms with E-state index in [-0.39, 0.29) is 24.5 Å². The molecule has 0 heterocycles. The van der Waals surface area contributed by atoms with Crippen LogP contribution >= 0.6 is 0 Å². The number of carbonyl (C=O) groups excluding carboxylic acids is 1. The third kappa shape index (κ3) is 2.98. The van der Waals surface area contributed by atoms with Gasteiger partial charge in [-0.1, -0.05) is 0 Å². The number of amides is 2. The zero-order valence-electron chi connectivity index (χ0n) is 10.1. The second-order valence-electron chi connectivity index (χ2n) is 4.44. The molecule has 18 heavy (non-hydrogen) atoms. The molecule has 0 aliphatic heterocycles. The molecule has 2 N–H and O–H groups in total. The monoisotopic (exact) mass is 252 g/mol. The lowest BCUT2D eigenvalue weighted by Crippen LogP contribution is -2.47. The Labute approximate surface area is 105 Å². The Morgan fingerprint density at radius 1 is 1.39 bits per heavy atom. The van der Waals surface area contributed by atoms with Crippen LogP contribution in [0.5, 0.6) is 0 Å². The Bertz CT molecular complexity index is 404. The minimum absolute atomic E-state index is 0.0483. The largest absolute Gasteiger partial charge is 0.395 e. The van der Waals surface area contributed by atoms with Crippen molar-refractivity contribution >= 4 is 11.7 Å². The van der Waals surface area contributed by atoms with E-state index < -0.39 is 0 Å². The fourth-order valence-electron chi connectivity index (χ4n) is 1.98. The minimum atomic E-state index is -0.334. The van der Waals surface area contributed by atoms with Gasteiger partial charge in [-0.15, -0.1) is 0 Å². The molecule has 0 unspecified atom stereocenters. The summed E-state index contributed by atoms with van der Waals surface area (Å²) in [5.41, 5.74) is 0.559. The van der Waals surface area contributed by atoms with Gasteiger partial charge in [-0.2, -0.15) is 0 Å². The van der Waals surface area contributed by atoms with Crippen LogP contribution in [0, 0.1) is 5.82 Å². The van der Waals surface area contributed by atoms with Crippen LogP contribution in [0.3, 0.4) is 0 Å². The number of benzene rings is 1. The quantitative estimate of drug-likeness (QED) is 0.863. The van der Waals surface area contributed by atoms with Crippen LogP contribution in [0.15, 0.2) is 24.3 Å². The lowest BCUT2D eigenvalue weighted by Gasteiger charge is -2.37. The normalized spacial score (nSPS) is 15.0. The summed E-state index contributed by atoms with van der Waals surface area (Å²) < 4.78 is 12.7. The third-order valence-electron chi connectivity index (χ3n) is 3.21.